The molecule has 6 nitrogen and oxygen atoms in total. The van der Waals surface area contributed by atoms with Gasteiger partial charge in [0.1, 0.15) is 5.78 Å². The van der Waals surface area contributed by atoms with Gasteiger partial charge in [0.15, 0.2) is 0 Å². The van der Waals surface area contributed by atoms with E-state index < -0.39 is 5.41 Å². The molecule has 0 unspecified atom stereocenters. The summed E-state index contributed by atoms with van der Waals surface area (Å²) in [4.78, 5) is 40.9. The second-order valence-electron chi connectivity index (χ2n) is 8.75. The van der Waals surface area contributed by atoms with E-state index in [0.717, 1.165) is 58.4 Å². The monoisotopic (exact) mass is 365 g/mol. The first-order valence-corrected chi connectivity index (χ1v) is 10.00. The number of amides is 2. The van der Waals surface area contributed by atoms with E-state index in [1.807, 2.05) is 25.7 Å². The second-order valence-corrected chi connectivity index (χ2v) is 8.75. The molecule has 1 heterocycles. The Morgan fingerprint density at radius 3 is 2.08 bits per heavy atom. The highest BCUT2D eigenvalue weighted by molar-refractivity contribution is 5.91. The molecule has 2 atom stereocenters. The van der Waals surface area contributed by atoms with Crippen LogP contribution in [0.1, 0.15) is 53.4 Å². The molecule has 6 heteroatoms. The van der Waals surface area contributed by atoms with E-state index in [0.29, 0.717) is 6.54 Å². The zero-order valence-electron chi connectivity index (χ0n) is 16.8. The van der Waals surface area contributed by atoms with Crippen LogP contribution in [0.2, 0.25) is 0 Å². The molecule has 2 aliphatic rings. The molecule has 0 spiro atoms. The van der Waals surface area contributed by atoms with Crippen molar-refractivity contribution >= 4 is 17.6 Å². The Morgan fingerprint density at radius 1 is 0.962 bits per heavy atom. The summed E-state index contributed by atoms with van der Waals surface area (Å²) < 4.78 is 0. The van der Waals surface area contributed by atoms with Gasteiger partial charge in [-0.15, -0.1) is 0 Å². The summed E-state index contributed by atoms with van der Waals surface area (Å²) in [5.41, 5.74) is -0.392. The van der Waals surface area contributed by atoms with Crippen LogP contribution < -0.4 is 5.32 Å². The van der Waals surface area contributed by atoms with E-state index in [4.69, 9.17) is 0 Å². The summed E-state index contributed by atoms with van der Waals surface area (Å²) in [6.07, 6.45) is 3.71. The lowest BCUT2D eigenvalue weighted by Crippen LogP contribution is -2.50. The first kappa shape index (κ1) is 20.9. The van der Waals surface area contributed by atoms with Crippen molar-refractivity contribution in [3.8, 4) is 0 Å². The van der Waals surface area contributed by atoms with Crippen molar-refractivity contribution in [1.29, 1.82) is 0 Å². The first-order chi connectivity index (χ1) is 12.2. The molecule has 1 aliphatic carbocycles. The van der Waals surface area contributed by atoms with Gasteiger partial charge in [-0.05, 0) is 12.8 Å². The summed E-state index contributed by atoms with van der Waals surface area (Å²) in [5.74, 6) is 0.0741. The number of rotatable bonds is 5. The third-order valence-corrected chi connectivity index (χ3v) is 5.72. The number of carbonyl (C=O) groups excluding carboxylic acids is 3. The molecule has 26 heavy (non-hydrogen) atoms. The molecule has 0 bridgehead atoms. The van der Waals surface area contributed by atoms with Crippen LogP contribution in [0.25, 0.3) is 0 Å². The summed E-state index contributed by atoms with van der Waals surface area (Å²) in [6, 6.07) is 0. The van der Waals surface area contributed by atoms with Gasteiger partial charge >= 0.3 is 0 Å². The van der Waals surface area contributed by atoms with Crippen molar-refractivity contribution in [2.75, 3.05) is 39.3 Å². The third kappa shape index (κ3) is 5.53. The minimum Gasteiger partial charge on any atom is -0.355 e. The summed E-state index contributed by atoms with van der Waals surface area (Å²) in [5, 5.41) is 3.06. The summed E-state index contributed by atoms with van der Waals surface area (Å²) in [6.45, 7) is 12.1. The van der Waals surface area contributed by atoms with Crippen LogP contribution in [0.4, 0.5) is 0 Å². The van der Waals surface area contributed by atoms with Crippen molar-refractivity contribution < 1.29 is 14.4 Å². The Labute approximate surface area is 157 Å². The van der Waals surface area contributed by atoms with E-state index in [2.05, 4.69) is 10.2 Å². The lowest BCUT2D eigenvalue weighted by Gasteiger charge is -2.35. The lowest BCUT2D eigenvalue weighted by atomic mass is 9.70. The zero-order chi connectivity index (χ0) is 19.3. The Hall–Kier alpha value is -1.43. The van der Waals surface area contributed by atoms with Gasteiger partial charge in [-0.1, -0.05) is 33.6 Å². The van der Waals surface area contributed by atoms with E-state index >= 15 is 0 Å². The molecule has 0 aromatic carbocycles. The van der Waals surface area contributed by atoms with E-state index in [-0.39, 0.29) is 29.4 Å². The summed E-state index contributed by atoms with van der Waals surface area (Å²) >= 11 is 0. The van der Waals surface area contributed by atoms with E-state index in [1.54, 1.807) is 6.92 Å². The number of nitrogens with one attached hydrogen (secondary N) is 1. The van der Waals surface area contributed by atoms with Crippen molar-refractivity contribution in [2.45, 2.75) is 53.4 Å². The minimum atomic E-state index is -0.392. The van der Waals surface area contributed by atoms with Gasteiger partial charge in [0.2, 0.25) is 11.8 Å². The SMILES string of the molecule is CC(=O)N1CCN(CCNC(=O)[C@@H]2CCCC[C@@H]2C(=O)C(C)(C)C)CC1. The smallest absolute Gasteiger partial charge is 0.223 e. The molecule has 0 aromatic rings. The maximum atomic E-state index is 12.7. The second kappa shape index (κ2) is 8.98. The quantitative estimate of drug-likeness (QED) is 0.805. The normalized spacial score (nSPS) is 25.0. The molecular formula is C20H35N3O3. The Kier molecular flexibility index (Phi) is 7.21. The molecule has 1 aliphatic heterocycles. The molecule has 2 amide bonds. The highest BCUT2D eigenvalue weighted by atomic mass is 16.2. The van der Waals surface area contributed by atoms with Crippen LogP contribution in [0.5, 0.6) is 0 Å². The van der Waals surface area contributed by atoms with Crippen LogP contribution in [0.3, 0.4) is 0 Å². The van der Waals surface area contributed by atoms with Crippen molar-refractivity contribution in [1.82, 2.24) is 15.1 Å². The van der Waals surface area contributed by atoms with Gasteiger partial charge in [0, 0.05) is 63.4 Å². The fourth-order valence-corrected chi connectivity index (χ4v) is 4.07. The molecule has 1 saturated heterocycles. The molecule has 2 rings (SSSR count). The molecule has 148 valence electrons. The highest BCUT2D eigenvalue weighted by Crippen LogP contribution is 2.35. The van der Waals surface area contributed by atoms with Crippen molar-refractivity contribution in [2.24, 2.45) is 17.3 Å². The standard InChI is InChI=1S/C20H35N3O3/c1-15(24)23-13-11-22(12-14-23)10-9-21-19(26)17-8-6-5-7-16(17)18(25)20(2,3)4/h16-17H,5-14H2,1-4H3,(H,21,26)/t16-,17+/m0/s1. The van der Waals surface area contributed by atoms with Crippen molar-refractivity contribution in [3.05, 3.63) is 0 Å². The number of nitrogens with zero attached hydrogens (tertiary/aromatic N) is 2. The molecule has 0 aromatic heterocycles. The van der Waals surface area contributed by atoms with Crippen LogP contribution >= 0.6 is 0 Å². The van der Waals surface area contributed by atoms with E-state index in [9.17, 15) is 14.4 Å². The van der Waals surface area contributed by atoms with Gasteiger partial charge in [0.25, 0.3) is 0 Å². The van der Waals surface area contributed by atoms with Gasteiger partial charge in [-0.2, -0.15) is 0 Å². The fraction of sp³-hybridized carbons (Fsp3) is 0.850. The Bertz CT molecular complexity index is 519. The van der Waals surface area contributed by atoms with Crippen LogP contribution in [-0.2, 0) is 14.4 Å². The topological polar surface area (TPSA) is 69.7 Å². The zero-order valence-corrected chi connectivity index (χ0v) is 16.8. The van der Waals surface area contributed by atoms with Gasteiger partial charge in [-0.25, -0.2) is 0 Å². The maximum Gasteiger partial charge on any atom is 0.223 e. The Morgan fingerprint density at radius 2 is 1.54 bits per heavy atom. The van der Waals surface area contributed by atoms with Gasteiger partial charge < -0.3 is 10.2 Å². The Balaban J connectivity index is 1.79. The minimum absolute atomic E-state index is 0.0367. The number of hydrogen-bond donors (Lipinski definition) is 1. The number of ketones is 1. The number of carbonyl (C=O) groups is 3. The molecule has 2 fully saturated rings. The molecule has 0 radical (unpaired) electrons. The highest BCUT2D eigenvalue weighted by Gasteiger charge is 2.39. The van der Waals surface area contributed by atoms with Crippen molar-refractivity contribution in [3.63, 3.8) is 0 Å². The van der Waals surface area contributed by atoms with Crippen LogP contribution in [0, 0.1) is 17.3 Å². The molecule has 1 saturated carbocycles. The van der Waals surface area contributed by atoms with E-state index in [1.165, 1.54) is 0 Å². The maximum absolute atomic E-state index is 12.7. The lowest BCUT2D eigenvalue weighted by molar-refractivity contribution is -0.139. The average molecular weight is 366 g/mol. The van der Waals surface area contributed by atoms with Crippen LogP contribution in [0.15, 0.2) is 0 Å². The predicted molar refractivity (Wildman–Crippen MR) is 102 cm³/mol. The largest absolute Gasteiger partial charge is 0.355 e. The summed E-state index contributed by atoms with van der Waals surface area (Å²) in [7, 11) is 0. The number of Topliss-reactive ketones (excluding diaryl/α,β-unsaturated/α-hetero) is 1. The van der Waals surface area contributed by atoms with Crippen LogP contribution in [-0.4, -0.2) is 66.7 Å². The number of hydrogen-bond acceptors (Lipinski definition) is 4. The number of piperazine rings is 1. The fourth-order valence-electron chi connectivity index (χ4n) is 4.07. The molecule has 1 N–H and O–H groups in total. The average Bonchev–Trinajstić information content (AvgIpc) is 2.60. The first-order valence-electron chi connectivity index (χ1n) is 10.00. The third-order valence-electron chi connectivity index (χ3n) is 5.72. The predicted octanol–water partition coefficient (Wildman–Crippen LogP) is 1.69. The van der Waals surface area contributed by atoms with Gasteiger partial charge in [-0.3, -0.25) is 19.3 Å². The molecular weight excluding hydrogens is 330 g/mol. The van der Waals surface area contributed by atoms with Gasteiger partial charge in [0.05, 0.1) is 0 Å².